The highest BCUT2D eigenvalue weighted by atomic mass is 32.1. The summed E-state index contributed by atoms with van der Waals surface area (Å²) in [6, 6.07) is 6.37. The van der Waals surface area contributed by atoms with Gasteiger partial charge in [-0.15, -0.1) is 11.7 Å². The Morgan fingerprint density at radius 3 is 2.74 bits per heavy atom. The van der Waals surface area contributed by atoms with E-state index >= 15 is 0 Å². The fourth-order valence-corrected chi connectivity index (χ4v) is 4.18. The molecule has 1 saturated heterocycles. The van der Waals surface area contributed by atoms with Crippen LogP contribution in [0, 0.1) is 10.9 Å². The molecule has 1 aliphatic rings. The van der Waals surface area contributed by atoms with E-state index in [1.165, 1.54) is 22.5 Å². The highest BCUT2D eigenvalue weighted by molar-refractivity contribution is 7.73. The van der Waals surface area contributed by atoms with Crippen molar-refractivity contribution in [1.82, 2.24) is 19.6 Å². The number of nitrogens with zero attached hydrogens (tertiary/aromatic N) is 4. The third-order valence-electron chi connectivity index (χ3n) is 4.63. The minimum Gasteiger partial charge on any atom is -0.496 e. The molecular formula is C19H27N5OS2. The molecule has 1 fully saturated rings. The van der Waals surface area contributed by atoms with E-state index in [0.29, 0.717) is 6.54 Å². The van der Waals surface area contributed by atoms with Gasteiger partial charge in [0.1, 0.15) is 5.75 Å². The Kier molecular flexibility index (Phi) is 7.01. The second-order valence-corrected chi connectivity index (χ2v) is 8.32. The maximum Gasteiger partial charge on any atom is 0.204 e. The molecule has 0 amide bonds. The van der Waals surface area contributed by atoms with E-state index in [0.717, 1.165) is 54.2 Å². The molecule has 0 atom stereocenters. The normalized spacial score (nSPS) is 15.6. The summed E-state index contributed by atoms with van der Waals surface area (Å²) in [4.78, 5) is 4.88. The zero-order valence-corrected chi connectivity index (χ0v) is 17.6. The second kappa shape index (κ2) is 9.45. The summed E-state index contributed by atoms with van der Waals surface area (Å²) in [6.07, 6.45) is 1.82. The molecule has 146 valence electrons. The van der Waals surface area contributed by atoms with Gasteiger partial charge in [0.05, 0.1) is 13.8 Å². The second-order valence-electron chi connectivity index (χ2n) is 6.69. The van der Waals surface area contributed by atoms with Crippen LogP contribution in [0.15, 0.2) is 30.9 Å². The number of rotatable bonds is 8. The van der Waals surface area contributed by atoms with Crippen LogP contribution < -0.4 is 10.1 Å². The molecule has 6 nitrogen and oxygen atoms in total. The third kappa shape index (κ3) is 5.38. The molecule has 0 bridgehead atoms. The van der Waals surface area contributed by atoms with Crippen LogP contribution in [0.4, 0.5) is 5.13 Å². The van der Waals surface area contributed by atoms with Crippen LogP contribution in [0.25, 0.3) is 0 Å². The Morgan fingerprint density at radius 2 is 2.04 bits per heavy atom. The van der Waals surface area contributed by atoms with Crippen LogP contribution in [0.5, 0.6) is 5.75 Å². The summed E-state index contributed by atoms with van der Waals surface area (Å²) in [7, 11) is 1.74. The molecule has 2 aromatic rings. The average molecular weight is 406 g/mol. The van der Waals surface area contributed by atoms with E-state index in [4.69, 9.17) is 17.0 Å². The van der Waals surface area contributed by atoms with Gasteiger partial charge in [-0.05, 0) is 25.2 Å². The van der Waals surface area contributed by atoms with E-state index < -0.39 is 0 Å². The van der Waals surface area contributed by atoms with Crippen molar-refractivity contribution in [2.24, 2.45) is 0 Å². The lowest BCUT2D eigenvalue weighted by Crippen LogP contribution is -2.46. The van der Waals surface area contributed by atoms with E-state index in [1.807, 2.05) is 10.8 Å². The molecule has 27 heavy (non-hydrogen) atoms. The van der Waals surface area contributed by atoms with Gasteiger partial charge in [0.25, 0.3) is 0 Å². The molecule has 1 N–H and O–H groups in total. The number of benzene rings is 1. The number of ether oxygens (including phenoxy) is 1. The number of nitrogens with one attached hydrogen (secondary N) is 1. The van der Waals surface area contributed by atoms with Gasteiger partial charge >= 0.3 is 0 Å². The Bertz CT molecular complexity index is 824. The van der Waals surface area contributed by atoms with Crippen LogP contribution >= 0.6 is 23.6 Å². The first-order valence-corrected chi connectivity index (χ1v) is 10.3. The van der Waals surface area contributed by atoms with Crippen LogP contribution in [0.3, 0.4) is 0 Å². The molecule has 2 heterocycles. The number of anilines is 1. The predicted molar refractivity (Wildman–Crippen MR) is 114 cm³/mol. The topological polar surface area (TPSA) is 45.6 Å². The summed E-state index contributed by atoms with van der Waals surface area (Å²) < 4.78 is 8.22. The first kappa shape index (κ1) is 20.0. The zero-order chi connectivity index (χ0) is 19.2. The van der Waals surface area contributed by atoms with Gasteiger partial charge in [-0.2, -0.15) is 0 Å². The standard InChI is InChI=1S/C19H27N5OS2/c1-4-7-20-18-21-24(19(26)27-18)14-23-10-8-22(9-11-23)13-16-12-15(2)5-6-17(16)25-3/h4-6,12H,1,7-11,13-14H2,2-3H3,(H,20,21). The molecule has 8 heteroatoms. The Labute approximate surface area is 170 Å². The van der Waals surface area contributed by atoms with Gasteiger partial charge in [-0.1, -0.05) is 35.1 Å². The van der Waals surface area contributed by atoms with Crippen molar-refractivity contribution in [3.63, 3.8) is 0 Å². The fourth-order valence-electron chi connectivity index (χ4n) is 3.18. The average Bonchev–Trinajstić information content (AvgIpc) is 3.01. The number of hydrogen-bond donors (Lipinski definition) is 1. The Morgan fingerprint density at radius 1 is 1.30 bits per heavy atom. The lowest BCUT2D eigenvalue weighted by Gasteiger charge is -2.34. The number of hydrogen-bond acceptors (Lipinski definition) is 7. The number of methoxy groups -OCH3 is 1. The summed E-state index contributed by atoms with van der Waals surface area (Å²) in [5.74, 6) is 0.969. The Balaban J connectivity index is 1.53. The fraction of sp³-hybridized carbons (Fsp3) is 0.474. The van der Waals surface area contributed by atoms with Crippen molar-refractivity contribution in [1.29, 1.82) is 0 Å². The number of aromatic nitrogens is 2. The maximum atomic E-state index is 5.51. The monoisotopic (exact) mass is 405 g/mol. The van der Waals surface area contributed by atoms with Gasteiger partial charge in [-0.3, -0.25) is 9.80 Å². The van der Waals surface area contributed by atoms with E-state index in [2.05, 4.69) is 51.9 Å². The molecule has 0 unspecified atom stereocenters. The van der Waals surface area contributed by atoms with Crippen LogP contribution in [0.1, 0.15) is 11.1 Å². The number of aryl methyl sites for hydroxylation is 1. The zero-order valence-electron chi connectivity index (χ0n) is 16.0. The first-order valence-electron chi connectivity index (χ1n) is 9.10. The van der Waals surface area contributed by atoms with Crippen molar-refractivity contribution < 1.29 is 4.74 Å². The van der Waals surface area contributed by atoms with E-state index in [1.54, 1.807) is 7.11 Å². The van der Waals surface area contributed by atoms with E-state index in [9.17, 15) is 0 Å². The van der Waals surface area contributed by atoms with Gasteiger partial charge in [0.15, 0.2) is 3.95 Å². The molecule has 0 saturated carbocycles. The quantitative estimate of drug-likeness (QED) is 0.537. The van der Waals surface area contributed by atoms with Crippen LogP contribution in [-0.2, 0) is 13.2 Å². The minimum absolute atomic E-state index is 0.698. The summed E-state index contributed by atoms with van der Waals surface area (Å²) >= 11 is 6.95. The van der Waals surface area contributed by atoms with Crippen molar-refractivity contribution in [2.75, 3.05) is 45.2 Å². The van der Waals surface area contributed by atoms with Crippen molar-refractivity contribution in [3.05, 3.63) is 45.9 Å². The molecule has 1 aliphatic heterocycles. The lowest BCUT2D eigenvalue weighted by atomic mass is 10.1. The third-order valence-corrected chi connectivity index (χ3v) is 5.90. The summed E-state index contributed by atoms with van der Waals surface area (Å²) in [6.45, 7) is 12.2. The molecule has 0 spiro atoms. The van der Waals surface area contributed by atoms with Crippen molar-refractivity contribution >= 4 is 28.7 Å². The minimum atomic E-state index is 0.698. The van der Waals surface area contributed by atoms with Gasteiger partial charge in [0.2, 0.25) is 5.13 Å². The largest absolute Gasteiger partial charge is 0.496 e. The van der Waals surface area contributed by atoms with Crippen LogP contribution in [-0.4, -0.2) is 59.4 Å². The molecular weight excluding hydrogens is 378 g/mol. The lowest BCUT2D eigenvalue weighted by molar-refractivity contribution is 0.0980. The molecule has 1 aromatic carbocycles. The molecule has 0 radical (unpaired) electrons. The van der Waals surface area contributed by atoms with Gasteiger partial charge < -0.3 is 10.1 Å². The van der Waals surface area contributed by atoms with Gasteiger partial charge in [0, 0.05) is 44.8 Å². The highest BCUT2D eigenvalue weighted by Crippen LogP contribution is 2.22. The molecule has 1 aromatic heterocycles. The Hall–Kier alpha value is -1.74. The summed E-state index contributed by atoms with van der Waals surface area (Å²) in [5.41, 5.74) is 2.52. The van der Waals surface area contributed by atoms with Crippen molar-refractivity contribution in [3.8, 4) is 5.75 Å². The molecule has 0 aliphatic carbocycles. The summed E-state index contributed by atoms with van der Waals surface area (Å²) in [5, 5.41) is 8.62. The number of piperazine rings is 1. The van der Waals surface area contributed by atoms with Crippen LogP contribution in [0.2, 0.25) is 0 Å². The van der Waals surface area contributed by atoms with E-state index in [-0.39, 0.29) is 0 Å². The smallest absolute Gasteiger partial charge is 0.204 e. The van der Waals surface area contributed by atoms with Gasteiger partial charge in [-0.25, -0.2) is 4.68 Å². The predicted octanol–water partition coefficient (Wildman–Crippen LogP) is 3.36. The maximum absolute atomic E-state index is 5.51. The highest BCUT2D eigenvalue weighted by Gasteiger charge is 2.19. The van der Waals surface area contributed by atoms with Crippen molar-refractivity contribution in [2.45, 2.75) is 20.1 Å². The SMILES string of the molecule is C=CCNc1nn(CN2CCN(Cc3cc(C)ccc3OC)CC2)c(=S)s1. The molecule has 3 rings (SSSR count). The first-order chi connectivity index (χ1) is 13.1.